The van der Waals surface area contributed by atoms with Gasteiger partial charge in [-0.1, -0.05) is 44.2 Å². The second kappa shape index (κ2) is 5.94. The molecule has 2 heteroatoms. The van der Waals surface area contributed by atoms with Crippen LogP contribution in [0.15, 0.2) is 36.5 Å². The fourth-order valence-electron chi connectivity index (χ4n) is 7.01. The van der Waals surface area contributed by atoms with Crippen LogP contribution in [0.3, 0.4) is 0 Å². The average Bonchev–Trinajstić information content (AvgIpc) is 2.89. The van der Waals surface area contributed by atoms with Crippen LogP contribution in [0.25, 0.3) is 0 Å². The number of carbonyl (C=O) groups is 1. The Labute approximate surface area is 152 Å². The first-order chi connectivity index (χ1) is 11.9. The van der Waals surface area contributed by atoms with Crippen molar-refractivity contribution in [3.05, 3.63) is 36.5 Å². The standard InChI is InChI=1S/C23H32O2/c1-4-5-6-15-13-16-14-17(24)9-11-22(16,2)19-10-12-23(3)18(21(15)19)7-8-20(23)25/h4-6,14-15,18-21,25H,1,7-13H2,2-3H3/b6-5+/t15-,18+,19+,20-,21+,22+,23+/m1/s1. The Balaban J connectivity index is 1.77. The lowest BCUT2D eigenvalue weighted by Crippen LogP contribution is -2.54. The largest absolute Gasteiger partial charge is 0.393 e. The molecule has 0 aromatic heterocycles. The SMILES string of the molecule is C=C/C=C/[C@@H]1CC2=CC(=O)CC[C@]2(C)[C@H]2CC[C@]3(C)[C@H](O)CC[C@H]3[C@H]12. The van der Waals surface area contributed by atoms with Crippen molar-refractivity contribution in [1.82, 2.24) is 0 Å². The normalized spacial score (nSPS) is 49.3. The van der Waals surface area contributed by atoms with Crippen LogP contribution in [0.1, 0.15) is 58.8 Å². The monoisotopic (exact) mass is 340 g/mol. The Morgan fingerprint density at radius 3 is 2.76 bits per heavy atom. The highest BCUT2D eigenvalue weighted by molar-refractivity contribution is 5.91. The summed E-state index contributed by atoms with van der Waals surface area (Å²) in [7, 11) is 0. The highest BCUT2D eigenvalue weighted by Gasteiger charge is 2.60. The van der Waals surface area contributed by atoms with E-state index >= 15 is 0 Å². The van der Waals surface area contributed by atoms with Crippen molar-refractivity contribution in [2.45, 2.75) is 64.9 Å². The van der Waals surface area contributed by atoms with Crippen LogP contribution in [0.4, 0.5) is 0 Å². The number of carbonyl (C=O) groups excluding carboxylic acids is 1. The van der Waals surface area contributed by atoms with Crippen LogP contribution in [0.5, 0.6) is 0 Å². The molecule has 7 atom stereocenters. The smallest absolute Gasteiger partial charge is 0.155 e. The predicted octanol–water partition coefficient (Wildman–Crippen LogP) is 4.85. The molecule has 0 aliphatic heterocycles. The van der Waals surface area contributed by atoms with Crippen LogP contribution in [0, 0.1) is 34.5 Å². The molecule has 0 aromatic rings. The van der Waals surface area contributed by atoms with Gasteiger partial charge >= 0.3 is 0 Å². The molecule has 1 N–H and O–H groups in total. The molecular weight excluding hydrogens is 308 g/mol. The average molecular weight is 341 g/mol. The predicted molar refractivity (Wildman–Crippen MR) is 101 cm³/mol. The maximum absolute atomic E-state index is 12.1. The second-order valence-electron chi connectivity index (χ2n) is 9.47. The quantitative estimate of drug-likeness (QED) is 0.730. The summed E-state index contributed by atoms with van der Waals surface area (Å²) in [5.74, 6) is 2.67. The Kier molecular flexibility index (Phi) is 4.11. The number of hydrogen-bond donors (Lipinski definition) is 1. The minimum absolute atomic E-state index is 0.0868. The van der Waals surface area contributed by atoms with E-state index in [1.807, 2.05) is 12.2 Å². The maximum atomic E-state index is 12.1. The third kappa shape index (κ3) is 2.44. The number of aliphatic hydroxyl groups is 1. The van der Waals surface area contributed by atoms with Gasteiger partial charge in [-0.15, -0.1) is 0 Å². The molecule has 4 aliphatic carbocycles. The van der Waals surface area contributed by atoms with Gasteiger partial charge in [0, 0.05) is 6.42 Å². The van der Waals surface area contributed by atoms with Crippen LogP contribution in [0.2, 0.25) is 0 Å². The zero-order valence-electron chi connectivity index (χ0n) is 15.7. The molecule has 136 valence electrons. The molecule has 0 amide bonds. The molecule has 0 spiro atoms. The number of rotatable bonds is 2. The lowest BCUT2D eigenvalue weighted by molar-refractivity contribution is -0.119. The minimum atomic E-state index is -0.139. The van der Waals surface area contributed by atoms with Crippen LogP contribution in [-0.4, -0.2) is 17.0 Å². The minimum Gasteiger partial charge on any atom is -0.393 e. The van der Waals surface area contributed by atoms with Crippen molar-refractivity contribution >= 4 is 5.78 Å². The third-order valence-electron chi connectivity index (χ3n) is 8.50. The first-order valence-corrected chi connectivity index (χ1v) is 10.1. The van der Waals surface area contributed by atoms with Crippen molar-refractivity contribution in [3.8, 4) is 0 Å². The molecule has 0 aromatic carbocycles. The van der Waals surface area contributed by atoms with Crippen molar-refractivity contribution in [3.63, 3.8) is 0 Å². The summed E-state index contributed by atoms with van der Waals surface area (Å²) in [6.45, 7) is 8.61. The van der Waals surface area contributed by atoms with Gasteiger partial charge in [0.05, 0.1) is 6.10 Å². The van der Waals surface area contributed by atoms with Gasteiger partial charge < -0.3 is 5.11 Å². The summed E-state index contributed by atoms with van der Waals surface area (Å²) >= 11 is 0. The number of aliphatic hydroxyl groups excluding tert-OH is 1. The van der Waals surface area contributed by atoms with E-state index in [1.165, 1.54) is 12.0 Å². The summed E-state index contributed by atoms with van der Waals surface area (Å²) in [5, 5.41) is 10.7. The van der Waals surface area contributed by atoms with Crippen molar-refractivity contribution in [2.75, 3.05) is 0 Å². The zero-order valence-corrected chi connectivity index (χ0v) is 15.7. The Hall–Kier alpha value is -1.15. The van der Waals surface area contributed by atoms with E-state index < -0.39 is 0 Å². The number of hydrogen-bond acceptors (Lipinski definition) is 2. The van der Waals surface area contributed by atoms with Crippen LogP contribution in [-0.2, 0) is 4.79 Å². The lowest BCUT2D eigenvalue weighted by Gasteiger charge is -2.59. The summed E-state index contributed by atoms with van der Waals surface area (Å²) in [5.41, 5.74) is 1.67. The number of ketones is 1. The van der Waals surface area contributed by atoms with E-state index in [0.29, 0.717) is 35.9 Å². The molecule has 3 fully saturated rings. The van der Waals surface area contributed by atoms with Gasteiger partial charge in [-0.3, -0.25) is 4.79 Å². The first-order valence-electron chi connectivity index (χ1n) is 10.1. The van der Waals surface area contributed by atoms with Gasteiger partial charge in [0.2, 0.25) is 0 Å². The molecule has 4 aliphatic rings. The van der Waals surface area contributed by atoms with Crippen LogP contribution < -0.4 is 0 Å². The molecular formula is C23H32O2. The van der Waals surface area contributed by atoms with E-state index in [0.717, 1.165) is 32.1 Å². The van der Waals surface area contributed by atoms with Gasteiger partial charge in [0.1, 0.15) is 0 Å². The molecule has 0 heterocycles. The van der Waals surface area contributed by atoms with Crippen molar-refractivity contribution in [2.24, 2.45) is 34.5 Å². The third-order valence-corrected chi connectivity index (χ3v) is 8.50. The fraction of sp³-hybridized carbons (Fsp3) is 0.696. The van der Waals surface area contributed by atoms with Crippen LogP contribution >= 0.6 is 0 Å². The Morgan fingerprint density at radius 2 is 2.00 bits per heavy atom. The Morgan fingerprint density at radius 1 is 1.20 bits per heavy atom. The molecule has 25 heavy (non-hydrogen) atoms. The molecule has 0 unspecified atom stereocenters. The first kappa shape index (κ1) is 17.3. The summed E-state index contributed by atoms with van der Waals surface area (Å²) in [6.07, 6.45) is 15.3. The highest BCUT2D eigenvalue weighted by Crippen LogP contribution is 2.66. The number of allylic oxidation sites excluding steroid dienone is 4. The molecule has 0 radical (unpaired) electrons. The highest BCUT2D eigenvalue weighted by atomic mass is 16.3. The van der Waals surface area contributed by atoms with Gasteiger partial charge in [-0.05, 0) is 79.1 Å². The molecule has 2 nitrogen and oxygen atoms in total. The van der Waals surface area contributed by atoms with Crippen molar-refractivity contribution < 1.29 is 9.90 Å². The topological polar surface area (TPSA) is 37.3 Å². The fourth-order valence-corrected chi connectivity index (χ4v) is 7.01. The summed E-state index contributed by atoms with van der Waals surface area (Å²) in [4.78, 5) is 12.1. The second-order valence-corrected chi connectivity index (χ2v) is 9.47. The molecule has 3 saturated carbocycles. The summed E-state index contributed by atoms with van der Waals surface area (Å²) < 4.78 is 0. The Bertz CT molecular complexity index is 644. The number of fused-ring (bicyclic) bond motifs is 5. The van der Waals surface area contributed by atoms with E-state index in [9.17, 15) is 9.90 Å². The van der Waals surface area contributed by atoms with E-state index in [2.05, 4.69) is 32.6 Å². The van der Waals surface area contributed by atoms with Gasteiger partial charge in [0.25, 0.3) is 0 Å². The van der Waals surface area contributed by atoms with Gasteiger partial charge in [-0.2, -0.15) is 0 Å². The van der Waals surface area contributed by atoms with E-state index in [1.54, 1.807) is 0 Å². The van der Waals surface area contributed by atoms with E-state index in [-0.39, 0.29) is 16.9 Å². The van der Waals surface area contributed by atoms with E-state index in [4.69, 9.17) is 0 Å². The van der Waals surface area contributed by atoms with Crippen molar-refractivity contribution in [1.29, 1.82) is 0 Å². The lowest BCUT2D eigenvalue weighted by atomic mass is 9.45. The maximum Gasteiger partial charge on any atom is 0.155 e. The zero-order chi connectivity index (χ0) is 17.8. The molecule has 0 bridgehead atoms. The van der Waals surface area contributed by atoms with Gasteiger partial charge in [-0.25, -0.2) is 0 Å². The van der Waals surface area contributed by atoms with Gasteiger partial charge in [0.15, 0.2) is 5.78 Å². The summed E-state index contributed by atoms with van der Waals surface area (Å²) in [6, 6.07) is 0. The molecule has 0 saturated heterocycles. The molecule has 4 rings (SSSR count).